The Morgan fingerprint density at radius 3 is 2.58 bits per heavy atom. The Labute approximate surface area is 75.3 Å². The highest BCUT2D eigenvalue weighted by Crippen LogP contribution is 2.18. The summed E-state index contributed by atoms with van der Waals surface area (Å²) in [5, 5.41) is 5.38. The van der Waals surface area contributed by atoms with Crippen LogP contribution >= 0.6 is 11.9 Å². The summed E-state index contributed by atoms with van der Waals surface area (Å²) < 4.78 is 0. The Morgan fingerprint density at radius 2 is 2.17 bits per heavy atom. The van der Waals surface area contributed by atoms with Crippen molar-refractivity contribution >= 4 is 17.9 Å². The second-order valence-corrected chi connectivity index (χ2v) is 3.14. The van der Waals surface area contributed by atoms with Crippen LogP contribution in [0.25, 0.3) is 0 Å². The smallest absolute Gasteiger partial charge is 0.248 e. The lowest BCUT2D eigenvalue weighted by Gasteiger charge is -2.02. The fourth-order valence-electron chi connectivity index (χ4n) is 0.935. The molecule has 0 aliphatic rings. The standard InChI is InChI=1S/C8H10N2OS/c1-5-4-6(8(9)11)2-3-7(5)12-10/h2-4H,10H2,1H3,(H2,9,11). The zero-order valence-electron chi connectivity index (χ0n) is 6.70. The lowest BCUT2D eigenvalue weighted by Crippen LogP contribution is -2.10. The Morgan fingerprint density at radius 1 is 1.50 bits per heavy atom. The molecule has 3 nitrogen and oxygen atoms in total. The maximum absolute atomic E-state index is 10.7. The largest absolute Gasteiger partial charge is 0.366 e. The molecule has 1 aromatic rings. The molecule has 0 atom stereocenters. The maximum atomic E-state index is 10.7. The SMILES string of the molecule is Cc1cc(C(N)=O)ccc1SN. The highest BCUT2D eigenvalue weighted by atomic mass is 32.2. The molecular weight excluding hydrogens is 172 g/mol. The first kappa shape index (κ1) is 9.09. The predicted octanol–water partition coefficient (Wildman–Crippen LogP) is 1.06. The van der Waals surface area contributed by atoms with E-state index in [-0.39, 0.29) is 0 Å². The molecule has 1 rings (SSSR count). The molecule has 1 amide bonds. The van der Waals surface area contributed by atoms with Gasteiger partial charge in [-0.2, -0.15) is 0 Å². The topological polar surface area (TPSA) is 69.1 Å². The Balaban J connectivity index is 3.10. The van der Waals surface area contributed by atoms with E-state index < -0.39 is 5.91 Å². The number of carbonyl (C=O) groups excluding carboxylic acids is 1. The van der Waals surface area contributed by atoms with Gasteiger partial charge in [-0.3, -0.25) is 9.93 Å². The maximum Gasteiger partial charge on any atom is 0.248 e. The monoisotopic (exact) mass is 182 g/mol. The number of rotatable bonds is 2. The van der Waals surface area contributed by atoms with Crippen LogP contribution in [0.4, 0.5) is 0 Å². The summed E-state index contributed by atoms with van der Waals surface area (Å²) in [6.07, 6.45) is 0. The Hall–Kier alpha value is -1.000. The quantitative estimate of drug-likeness (QED) is 0.672. The van der Waals surface area contributed by atoms with Crippen molar-refractivity contribution in [1.29, 1.82) is 0 Å². The summed E-state index contributed by atoms with van der Waals surface area (Å²) >= 11 is 1.16. The van der Waals surface area contributed by atoms with E-state index in [0.717, 1.165) is 22.4 Å². The van der Waals surface area contributed by atoms with Gasteiger partial charge < -0.3 is 5.73 Å². The molecule has 64 valence electrons. The van der Waals surface area contributed by atoms with Crippen molar-refractivity contribution in [2.24, 2.45) is 10.9 Å². The van der Waals surface area contributed by atoms with Gasteiger partial charge in [0, 0.05) is 10.5 Å². The molecule has 0 spiro atoms. The second kappa shape index (κ2) is 3.60. The first-order chi connectivity index (χ1) is 5.65. The van der Waals surface area contributed by atoms with E-state index in [2.05, 4.69) is 0 Å². The zero-order valence-corrected chi connectivity index (χ0v) is 7.52. The molecule has 12 heavy (non-hydrogen) atoms. The van der Waals surface area contributed by atoms with Gasteiger partial charge in [0.05, 0.1) is 0 Å². The summed E-state index contributed by atoms with van der Waals surface area (Å²) in [4.78, 5) is 11.7. The molecule has 0 bridgehead atoms. The van der Waals surface area contributed by atoms with E-state index in [0.29, 0.717) is 5.56 Å². The molecule has 0 heterocycles. The van der Waals surface area contributed by atoms with Crippen LogP contribution in [0.15, 0.2) is 23.1 Å². The molecule has 0 aliphatic heterocycles. The fraction of sp³-hybridized carbons (Fsp3) is 0.125. The van der Waals surface area contributed by atoms with Crippen LogP contribution < -0.4 is 10.9 Å². The lowest BCUT2D eigenvalue weighted by atomic mass is 10.1. The highest BCUT2D eigenvalue weighted by molar-refractivity contribution is 7.97. The van der Waals surface area contributed by atoms with Gasteiger partial charge in [-0.05, 0) is 42.6 Å². The van der Waals surface area contributed by atoms with Gasteiger partial charge in [0.2, 0.25) is 5.91 Å². The van der Waals surface area contributed by atoms with Gasteiger partial charge in [0.1, 0.15) is 0 Å². The molecular formula is C8H10N2OS. The van der Waals surface area contributed by atoms with Crippen LogP contribution in [0.2, 0.25) is 0 Å². The number of amides is 1. The van der Waals surface area contributed by atoms with Gasteiger partial charge in [-0.15, -0.1) is 0 Å². The van der Waals surface area contributed by atoms with Crippen molar-refractivity contribution < 1.29 is 4.79 Å². The minimum atomic E-state index is -0.410. The van der Waals surface area contributed by atoms with E-state index in [1.165, 1.54) is 0 Å². The summed E-state index contributed by atoms with van der Waals surface area (Å²) in [7, 11) is 0. The molecule has 4 heteroatoms. The van der Waals surface area contributed by atoms with Crippen LogP contribution in [-0.4, -0.2) is 5.91 Å². The first-order valence-electron chi connectivity index (χ1n) is 3.42. The molecule has 0 aliphatic carbocycles. The third-order valence-electron chi connectivity index (χ3n) is 1.59. The molecule has 0 saturated carbocycles. The molecule has 0 aromatic heterocycles. The average Bonchev–Trinajstić information content (AvgIpc) is 2.04. The van der Waals surface area contributed by atoms with Crippen LogP contribution in [-0.2, 0) is 0 Å². The van der Waals surface area contributed by atoms with Crippen LogP contribution in [0.1, 0.15) is 15.9 Å². The van der Waals surface area contributed by atoms with Gasteiger partial charge >= 0.3 is 0 Å². The normalized spacial score (nSPS) is 9.83. The van der Waals surface area contributed by atoms with E-state index in [1.54, 1.807) is 18.2 Å². The summed E-state index contributed by atoms with van der Waals surface area (Å²) in [5.41, 5.74) is 6.59. The number of aryl methyl sites for hydroxylation is 1. The third-order valence-corrected chi connectivity index (χ3v) is 2.30. The average molecular weight is 182 g/mol. The van der Waals surface area contributed by atoms with Crippen LogP contribution in [0, 0.1) is 6.92 Å². The highest BCUT2D eigenvalue weighted by Gasteiger charge is 2.02. The van der Waals surface area contributed by atoms with Crippen molar-refractivity contribution in [3.8, 4) is 0 Å². The third kappa shape index (κ3) is 1.78. The van der Waals surface area contributed by atoms with E-state index in [9.17, 15) is 4.79 Å². The summed E-state index contributed by atoms with van der Waals surface area (Å²) in [6.45, 7) is 1.89. The predicted molar refractivity (Wildman–Crippen MR) is 49.7 cm³/mol. The number of carbonyl (C=O) groups is 1. The van der Waals surface area contributed by atoms with Crippen molar-refractivity contribution in [3.63, 3.8) is 0 Å². The van der Waals surface area contributed by atoms with Crippen molar-refractivity contribution in [1.82, 2.24) is 0 Å². The number of nitrogens with two attached hydrogens (primary N) is 2. The van der Waals surface area contributed by atoms with Gasteiger partial charge in [0.15, 0.2) is 0 Å². The first-order valence-corrected chi connectivity index (χ1v) is 4.30. The molecule has 0 saturated heterocycles. The van der Waals surface area contributed by atoms with Gasteiger partial charge in [0.25, 0.3) is 0 Å². The number of hydrogen-bond donors (Lipinski definition) is 2. The number of hydrogen-bond acceptors (Lipinski definition) is 3. The lowest BCUT2D eigenvalue weighted by molar-refractivity contribution is 0.1000. The van der Waals surface area contributed by atoms with Crippen molar-refractivity contribution in [2.45, 2.75) is 11.8 Å². The molecule has 0 fully saturated rings. The summed E-state index contributed by atoms with van der Waals surface area (Å²) in [6, 6.07) is 5.20. The number of primary amides is 1. The van der Waals surface area contributed by atoms with E-state index in [4.69, 9.17) is 10.9 Å². The molecule has 0 unspecified atom stereocenters. The minimum absolute atomic E-state index is 0.410. The molecule has 4 N–H and O–H groups in total. The number of benzene rings is 1. The zero-order chi connectivity index (χ0) is 9.14. The van der Waals surface area contributed by atoms with Crippen LogP contribution in [0.5, 0.6) is 0 Å². The van der Waals surface area contributed by atoms with Gasteiger partial charge in [-0.25, -0.2) is 0 Å². The van der Waals surface area contributed by atoms with Crippen molar-refractivity contribution in [3.05, 3.63) is 29.3 Å². The Kier molecular flexibility index (Phi) is 2.73. The second-order valence-electron chi connectivity index (χ2n) is 2.46. The Bertz CT molecular complexity index is 312. The minimum Gasteiger partial charge on any atom is -0.366 e. The molecule has 0 radical (unpaired) electrons. The summed E-state index contributed by atoms with van der Waals surface area (Å²) in [5.74, 6) is -0.410. The van der Waals surface area contributed by atoms with Crippen LogP contribution in [0.3, 0.4) is 0 Å². The van der Waals surface area contributed by atoms with E-state index in [1.807, 2.05) is 6.92 Å². The van der Waals surface area contributed by atoms with Gasteiger partial charge in [-0.1, -0.05) is 0 Å². The molecule has 1 aromatic carbocycles. The van der Waals surface area contributed by atoms with Crippen molar-refractivity contribution in [2.75, 3.05) is 0 Å². The fourth-order valence-corrected chi connectivity index (χ4v) is 1.33. The van der Waals surface area contributed by atoms with E-state index >= 15 is 0 Å².